The number of nitrogens with zero attached hydrogens (tertiary/aromatic N) is 1. The fourth-order valence-corrected chi connectivity index (χ4v) is 3.72. The lowest BCUT2D eigenvalue weighted by molar-refractivity contribution is 0.198. The Kier molecular flexibility index (Phi) is 7.07. The van der Waals surface area contributed by atoms with Gasteiger partial charge in [0.2, 0.25) is 0 Å². The van der Waals surface area contributed by atoms with Gasteiger partial charge in [0.25, 0.3) is 0 Å². The van der Waals surface area contributed by atoms with Crippen molar-refractivity contribution in [1.82, 2.24) is 4.90 Å². The van der Waals surface area contributed by atoms with Crippen molar-refractivity contribution >= 4 is 0 Å². The Bertz CT molecular complexity index is 459. The molecule has 3 nitrogen and oxygen atoms in total. The minimum atomic E-state index is -0.448. The molecule has 23 heavy (non-hydrogen) atoms. The largest absolute Gasteiger partial charge is 0.394 e. The molecular formula is C20H34N2O. The van der Waals surface area contributed by atoms with Crippen molar-refractivity contribution in [1.29, 1.82) is 0 Å². The fraction of sp³-hybridized carbons (Fsp3) is 0.700. The number of likely N-dealkylation sites (tertiary alicyclic amines) is 1. The average molecular weight is 319 g/mol. The number of aliphatic hydroxyl groups excluding tert-OH is 1. The first kappa shape index (κ1) is 18.4. The van der Waals surface area contributed by atoms with Crippen molar-refractivity contribution in [3.63, 3.8) is 0 Å². The number of hydrogen-bond donors (Lipinski definition) is 2. The van der Waals surface area contributed by atoms with Gasteiger partial charge in [0, 0.05) is 12.6 Å². The maximum absolute atomic E-state index is 9.47. The number of nitrogens with two attached hydrogens (primary N) is 1. The van der Waals surface area contributed by atoms with Crippen molar-refractivity contribution in [3.05, 3.63) is 35.4 Å². The molecule has 1 aliphatic heterocycles. The van der Waals surface area contributed by atoms with E-state index in [-0.39, 0.29) is 6.61 Å². The summed E-state index contributed by atoms with van der Waals surface area (Å²) >= 11 is 0. The van der Waals surface area contributed by atoms with Crippen molar-refractivity contribution in [2.24, 2.45) is 5.73 Å². The maximum Gasteiger partial charge on any atom is 0.0624 e. The van der Waals surface area contributed by atoms with Crippen LogP contribution in [-0.4, -0.2) is 35.7 Å². The van der Waals surface area contributed by atoms with Crippen molar-refractivity contribution in [2.75, 3.05) is 20.2 Å². The third-order valence-electron chi connectivity index (χ3n) is 5.19. The molecule has 2 unspecified atom stereocenters. The topological polar surface area (TPSA) is 49.5 Å². The summed E-state index contributed by atoms with van der Waals surface area (Å²) in [6.07, 6.45) is 10.1. The number of aryl methyl sites for hydroxylation is 1. The normalized spacial score (nSPS) is 25.1. The highest BCUT2D eigenvalue weighted by atomic mass is 16.3. The van der Waals surface area contributed by atoms with E-state index in [0.29, 0.717) is 6.04 Å². The van der Waals surface area contributed by atoms with Crippen LogP contribution < -0.4 is 5.73 Å². The van der Waals surface area contributed by atoms with Crippen molar-refractivity contribution in [2.45, 2.75) is 69.9 Å². The zero-order valence-electron chi connectivity index (χ0n) is 14.9. The molecule has 0 aromatic heterocycles. The van der Waals surface area contributed by atoms with Crippen LogP contribution in [0.5, 0.6) is 0 Å². The monoisotopic (exact) mass is 318 g/mol. The summed E-state index contributed by atoms with van der Waals surface area (Å²) in [6.45, 7) is 3.08. The van der Waals surface area contributed by atoms with Crippen LogP contribution in [0.2, 0.25) is 0 Å². The van der Waals surface area contributed by atoms with Gasteiger partial charge in [-0.25, -0.2) is 0 Å². The standard InChI is InChI=1S/C20H34N2O/c1-3-4-5-6-7-8-9-17-10-12-18(13-11-17)19-14-20(21,16-23)15-22(19)2/h10-13,19,23H,3-9,14-16,21H2,1-2H3. The fourth-order valence-electron chi connectivity index (χ4n) is 3.72. The van der Waals surface area contributed by atoms with Crippen LogP contribution in [0.15, 0.2) is 24.3 Å². The zero-order valence-corrected chi connectivity index (χ0v) is 14.9. The highest BCUT2D eigenvalue weighted by Gasteiger charge is 2.39. The summed E-state index contributed by atoms with van der Waals surface area (Å²) in [7, 11) is 2.10. The van der Waals surface area contributed by atoms with Crippen LogP contribution in [0.25, 0.3) is 0 Å². The Labute approximate surface area is 141 Å². The molecule has 0 aliphatic carbocycles. The Morgan fingerprint density at radius 2 is 1.78 bits per heavy atom. The van der Waals surface area contributed by atoms with E-state index in [1.807, 2.05) is 0 Å². The second-order valence-corrected chi connectivity index (χ2v) is 7.41. The van der Waals surface area contributed by atoms with Gasteiger partial charge in [0.15, 0.2) is 0 Å². The molecule has 0 bridgehead atoms. The number of aliphatic hydroxyl groups is 1. The van der Waals surface area contributed by atoms with E-state index in [2.05, 4.69) is 43.1 Å². The Morgan fingerprint density at radius 3 is 2.39 bits per heavy atom. The molecule has 2 rings (SSSR count). The van der Waals surface area contributed by atoms with Crippen LogP contribution in [0.4, 0.5) is 0 Å². The third kappa shape index (κ3) is 5.30. The summed E-state index contributed by atoms with van der Waals surface area (Å²) in [4.78, 5) is 2.26. The SMILES string of the molecule is CCCCCCCCc1ccc(C2CC(N)(CO)CN2C)cc1. The lowest BCUT2D eigenvalue weighted by Crippen LogP contribution is -2.45. The van der Waals surface area contributed by atoms with E-state index >= 15 is 0 Å². The Morgan fingerprint density at radius 1 is 1.13 bits per heavy atom. The molecule has 0 amide bonds. The van der Waals surface area contributed by atoms with E-state index < -0.39 is 5.54 Å². The van der Waals surface area contributed by atoms with Gasteiger partial charge in [-0.2, -0.15) is 0 Å². The van der Waals surface area contributed by atoms with Gasteiger partial charge in [-0.1, -0.05) is 63.3 Å². The number of likely N-dealkylation sites (N-methyl/N-ethyl adjacent to an activating group) is 1. The average Bonchev–Trinajstić information content (AvgIpc) is 2.87. The van der Waals surface area contributed by atoms with Crippen LogP contribution >= 0.6 is 0 Å². The van der Waals surface area contributed by atoms with Crippen molar-refractivity contribution < 1.29 is 5.11 Å². The van der Waals surface area contributed by atoms with E-state index in [4.69, 9.17) is 5.73 Å². The number of rotatable bonds is 9. The van der Waals surface area contributed by atoms with Gasteiger partial charge in [-0.3, -0.25) is 4.90 Å². The first-order valence-electron chi connectivity index (χ1n) is 9.27. The summed E-state index contributed by atoms with van der Waals surface area (Å²) in [5.41, 5.74) is 8.54. The molecule has 1 heterocycles. The van der Waals surface area contributed by atoms with Gasteiger partial charge in [-0.15, -0.1) is 0 Å². The predicted molar refractivity (Wildman–Crippen MR) is 97.5 cm³/mol. The predicted octanol–water partition coefficient (Wildman–Crippen LogP) is 3.66. The smallest absolute Gasteiger partial charge is 0.0624 e. The lowest BCUT2D eigenvalue weighted by atomic mass is 9.94. The third-order valence-corrected chi connectivity index (χ3v) is 5.19. The molecule has 3 heteroatoms. The van der Waals surface area contributed by atoms with Crippen LogP contribution in [-0.2, 0) is 6.42 Å². The highest BCUT2D eigenvalue weighted by molar-refractivity contribution is 5.27. The molecular weight excluding hydrogens is 284 g/mol. The Hall–Kier alpha value is -0.900. The molecule has 3 N–H and O–H groups in total. The molecule has 2 atom stereocenters. The van der Waals surface area contributed by atoms with Crippen LogP contribution in [0.1, 0.15) is 69.0 Å². The molecule has 0 radical (unpaired) electrons. The molecule has 1 aliphatic rings. The summed E-state index contributed by atoms with van der Waals surface area (Å²) < 4.78 is 0. The molecule has 1 aromatic carbocycles. The summed E-state index contributed by atoms with van der Waals surface area (Å²) in [6, 6.07) is 9.36. The summed E-state index contributed by atoms with van der Waals surface area (Å²) in [5, 5.41) is 9.47. The Balaban J connectivity index is 1.80. The van der Waals surface area contributed by atoms with E-state index in [9.17, 15) is 5.11 Å². The zero-order chi connectivity index (χ0) is 16.7. The van der Waals surface area contributed by atoms with Crippen molar-refractivity contribution in [3.8, 4) is 0 Å². The lowest BCUT2D eigenvalue weighted by Gasteiger charge is -2.19. The van der Waals surface area contributed by atoms with E-state index in [1.165, 1.54) is 56.1 Å². The van der Waals surface area contributed by atoms with E-state index in [1.54, 1.807) is 0 Å². The van der Waals surface area contributed by atoms with Gasteiger partial charge >= 0.3 is 0 Å². The number of benzene rings is 1. The minimum Gasteiger partial charge on any atom is -0.394 e. The molecule has 1 fully saturated rings. The van der Waals surface area contributed by atoms with Gasteiger partial charge in [0.1, 0.15) is 0 Å². The first-order valence-corrected chi connectivity index (χ1v) is 9.27. The van der Waals surface area contributed by atoms with Gasteiger partial charge in [0.05, 0.1) is 12.1 Å². The van der Waals surface area contributed by atoms with E-state index in [0.717, 1.165) is 13.0 Å². The highest BCUT2D eigenvalue weighted by Crippen LogP contribution is 2.35. The quantitative estimate of drug-likeness (QED) is 0.683. The maximum atomic E-state index is 9.47. The molecule has 1 saturated heterocycles. The second-order valence-electron chi connectivity index (χ2n) is 7.41. The summed E-state index contributed by atoms with van der Waals surface area (Å²) in [5.74, 6) is 0. The van der Waals surface area contributed by atoms with Crippen LogP contribution in [0.3, 0.4) is 0 Å². The van der Waals surface area contributed by atoms with Crippen LogP contribution in [0, 0.1) is 0 Å². The van der Waals surface area contributed by atoms with Gasteiger partial charge in [-0.05, 0) is 37.4 Å². The number of unbranched alkanes of at least 4 members (excludes halogenated alkanes) is 5. The molecule has 0 spiro atoms. The minimum absolute atomic E-state index is 0.0595. The molecule has 1 aromatic rings. The van der Waals surface area contributed by atoms with Gasteiger partial charge < -0.3 is 10.8 Å². The first-order chi connectivity index (χ1) is 11.1. The molecule has 130 valence electrons. The number of hydrogen-bond acceptors (Lipinski definition) is 3. The second kappa shape index (κ2) is 8.81. The molecule has 0 saturated carbocycles.